The number of benzene rings is 1. The van der Waals surface area contributed by atoms with Crippen molar-refractivity contribution in [1.82, 2.24) is 5.32 Å². The molecule has 1 aromatic rings. The Kier molecular flexibility index (Phi) is 6.86. The fourth-order valence-corrected chi connectivity index (χ4v) is 1.81. The van der Waals surface area contributed by atoms with Crippen molar-refractivity contribution in [3.8, 4) is 0 Å². The molecule has 17 heavy (non-hydrogen) atoms. The normalized spacial score (nSPS) is 12.7. The Morgan fingerprint density at radius 3 is 2.82 bits per heavy atom. The summed E-state index contributed by atoms with van der Waals surface area (Å²) in [6.45, 7) is 3.73. The number of hydrogen-bond acceptors (Lipinski definition) is 1. The zero-order valence-electron chi connectivity index (χ0n) is 9.98. The van der Waals surface area contributed by atoms with E-state index in [1.54, 1.807) is 6.07 Å². The van der Waals surface area contributed by atoms with Crippen LogP contribution in [-0.4, -0.2) is 12.4 Å². The van der Waals surface area contributed by atoms with Crippen LogP contribution >= 0.6 is 23.2 Å². The zero-order valence-corrected chi connectivity index (χ0v) is 11.5. The molecule has 0 spiro atoms. The van der Waals surface area contributed by atoms with Crippen LogP contribution in [0, 0.1) is 11.7 Å². The summed E-state index contributed by atoms with van der Waals surface area (Å²) in [5.74, 6) is 0.913. The molecule has 96 valence electrons. The summed E-state index contributed by atoms with van der Waals surface area (Å²) in [6, 6.07) is 4.89. The topological polar surface area (TPSA) is 12.0 Å². The first kappa shape index (κ1) is 14.7. The van der Waals surface area contributed by atoms with Gasteiger partial charge in [0.05, 0.1) is 5.02 Å². The number of halogens is 3. The third kappa shape index (κ3) is 5.71. The van der Waals surface area contributed by atoms with Gasteiger partial charge in [-0.15, -0.1) is 11.6 Å². The molecule has 4 heteroatoms. The third-order valence-electron chi connectivity index (χ3n) is 2.63. The molecule has 0 bridgehead atoms. The SMILES string of the molecule is CC(CCl)CCCNCc1ccc(Cl)c(F)c1. The lowest BCUT2D eigenvalue weighted by molar-refractivity contribution is 0.530. The van der Waals surface area contributed by atoms with Gasteiger partial charge in [-0.1, -0.05) is 24.6 Å². The van der Waals surface area contributed by atoms with Crippen LogP contribution < -0.4 is 5.32 Å². The predicted molar refractivity (Wildman–Crippen MR) is 72.2 cm³/mol. The second-order valence-electron chi connectivity index (χ2n) is 4.33. The van der Waals surface area contributed by atoms with Crippen LogP contribution in [0.15, 0.2) is 18.2 Å². The molecular formula is C13H18Cl2FN. The van der Waals surface area contributed by atoms with Crippen LogP contribution in [0.5, 0.6) is 0 Å². The maximum atomic E-state index is 13.1. The van der Waals surface area contributed by atoms with Crippen molar-refractivity contribution in [1.29, 1.82) is 0 Å². The van der Waals surface area contributed by atoms with Crippen LogP contribution in [-0.2, 0) is 6.54 Å². The molecule has 0 heterocycles. The highest BCUT2D eigenvalue weighted by molar-refractivity contribution is 6.30. The minimum absolute atomic E-state index is 0.171. The van der Waals surface area contributed by atoms with E-state index >= 15 is 0 Å². The Labute approximate surface area is 112 Å². The highest BCUT2D eigenvalue weighted by atomic mass is 35.5. The van der Waals surface area contributed by atoms with E-state index in [-0.39, 0.29) is 10.8 Å². The van der Waals surface area contributed by atoms with Gasteiger partial charge in [-0.2, -0.15) is 0 Å². The molecule has 0 amide bonds. The van der Waals surface area contributed by atoms with Crippen LogP contribution in [0.1, 0.15) is 25.3 Å². The summed E-state index contributed by atoms with van der Waals surface area (Å²) in [5, 5.41) is 3.45. The zero-order chi connectivity index (χ0) is 12.7. The summed E-state index contributed by atoms with van der Waals surface area (Å²) in [4.78, 5) is 0. The maximum Gasteiger partial charge on any atom is 0.142 e. The summed E-state index contributed by atoms with van der Waals surface area (Å²) >= 11 is 11.3. The van der Waals surface area contributed by atoms with Gasteiger partial charge in [0.25, 0.3) is 0 Å². The van der Waals surface area contributed by atoms with Gasteiger partial charge in [-0.3, -0.25) is 0 Å². The highest BCUT2D eigenvalue weighted by Crippen LogP contribution is 2.15. The third-order valence-corrected chi connectivity index (χ3v) is 3.46. The van der Waals surface area contributed by atoms with Crippen molar-refractivity contribution in [3.63, 3.8) is 0 Å². The van der Waals surface area contributed by atoms with Crippen LogP contribution in [0.4, 0.5) is 4.39 Å². The first-order valence-corrected chi connectivity index (χ1v) is 6.75. The lowest BCUT2D eigenvalue weighted by Crippen LogP contribution is -2.15. The van der Waals surface area contributed by atoms with E-state index in [9.17, 15) is 4.39 Å². The molecule has 1 atom stereocenters. The van der Waals surface area contributed by atoms with Gasteiger partial charge < -0.3 is 5.32 Å². The van der Waals surface area contributed by atoms with E-state index in [0.717, 1.165) is 24.9 Å². The van der Waals surface area contributed by atoms with Crippen molar-refractivity contribution in [2.24, 2.45) is 5.92 Å². The number of alkyl halides is 1. The average Bonchev–Trinajstić information content (AvgIpc) is 2.33. The summed E-state index contributed by atoms with van der Waals surface area (Å²) in [6.07, 6.45) is 2.20. The molecule has 0 fully saturated rings. The van der Waals surface area contributed by atoms with Crippen molar-refractivity contribution in [3.05, 3.63) is 34.6 Å². The molecule has 0 aliphatic carbocycles. The Bertz CT molecular complexity index is 344. The fourth-order valence-electron chi connectivity index (χ4n) is 1.53. The van der Waals surface area contributed by atoms with Gasteiger partial charge in [0.2, 0.25) is 0 Å². The summed E-state index contributed by atoms with van der Waals surface area (Å²) in [5.41, 5.74) is 0.914. The van der Waals surface area contributed by atoms with Gasteiger partial charge >= 0.3 is 0 Å². The number of nitrogens with one attached hydrogen (secondary N) is 1. The Hall–Kier alpha value is -0.310. The van der Waals surface area contributed by atoms with Crippen LogP contribution in [0.3, 0.4) is 0 Å². The van der Waals surface area contributed by atoms with E-state index < -0.39 is 0 Å². The number of hydrogen-bond donors (Lipinski definition) is 1. The molecule has 1 rings (SSSR count). The summed E-state index contributed by atoms with van der Waals surface area (Å²) in [7, 11) is 0. The van der Waals surface area contributed by atoms with E-state index in [4.69, 9.17) is 23.2 Å². The predicted octanol–water partition coefficient (Wildman–Crippen LogP) is 4.22. The lowest BCUT2D eigenvalue weighted by Gasteiger charge is -2.08. The average molecular weight is 278 g/mol. The largest absolute Gasteiger partial charge is 0.313 e. The molecule has 1 nitrogen and oxygen atoms in total. The lowest BCUT2D eigenvalue weighted by atomic mass is 10.1. The molecule has 0 aliphatic heterocycles. The smallest absolute Gasteiger partial charge is 0.142 e. The van der Waals surface area contributed by atoms with Crippen molar-refractivity contribution >= 4 is 23.2 Å². The first-order valence-electron chi connectivity index (χ1n) is 5.84. The van der Waals surface area contributed by atoms with Gasteiger partial charge in [-0.05, 0) is 43.0 Å². The Morgan fingerprint density at radius 1 is 1.41 bits per heavy atom. The summed E-state index contributed by atoms with van der Waals surface area (Å²) < 4.78 is 13.1. The van der Waals surface area contributed by atoms with Gasteiger partial charge in [0.1, 0.15) is 5.82 Å². The Morgan fingerprint density at radius 2 is 2.18 bits per heavy atom. The van der Waals surface area contributed by atoms with E-state index in [0.29, 0.717) is 18.3 Å². The molecule has 1 N–H and O–H groups in total. The molecule has 1 aromatic carbocycles. The molecule has 0 radical (unpaired) electrons. The van der Waals surface area contributed by atoms with Gasteiger partial charge in [-0.25, -0.2) is 4.39 Å². The van der Waals surface area contributed by atoms with Crippen LogP contribution in [0.2, 0.25) is 5.02 Å². The van der Waals surface area contributed by atoms with E-state index in [2.05, 4.69) is 12.2 Å². The van der Waals surface area contributed by atoms with Crippen molar-refractivity contribution in [2.75, 3.05) is 12.4 Å². The van der Waals surface area contributed by atoms with E-state index in [1.165, 1.54) is 6.07 Å². The second kappa shape index (κ2) is 7.91. The minimum atomic E-state index is -0.360. The van der Waals surface area contributed by atoms with Crippen molar-refractivity contribution in [2.45, 2.75) is 26.3 Å². The first-order chi connectivity index (χ1) is 8.13. The highest BCUT2D eigenvalue weighted by Gasteiger charge is 2.01. The number of rotatable bonds is 7. The van der Waals surface area contributed by atoms with E-state index in [1.807, 2.05) is 6.07 Å². The van der Waals surface area contributed by atoms with Crippen molar-refractivity contribution < 1.29 is 4.39 Å². The molecule has 1 unspecified atom stereocenters. The molecule has 0 saturated heterocycles. The molecule has 0 aliphatic rings. The monoisotopic (exact) mass is 277 g/mol. The maximum absolute atomic E-state index is 13.1. The van der Waals surface area contributed by atoms with Crippen LogP contribution in [0.25, 0.3) is 0 Å². The second-order valence-corrected chi connectivity index (χ2v) is 5.04. The van der Waals surface area contributed by atoms with Gasteiger partial charge in [0.15, 0.2) is 0 Å². The Balaban J connectivity index is 2.20. The molecular weight excluding hydrogens is 260 g/mol. The molecule has 0 aromatic heterocycles. The van der Waals surface area contributed by atoms with Gasteiger partial charge in [0, 0.05) is 12.4 Å². The fraction of sp³-hybridized carbons (Fsp3) is 0.538. The standard InChI is InChI=1S/C13H18Cl2FN/c1-10(8-14)3-2-6-17-9-11-4-5-12(15)13(16)7-11/h4-5,7,10,17H,2-3,6,8-9H2,1H3. The quantitative estimate of drug-likeness (QED) is 0.581. The molecule has 0 saturated carbocycles. The minimum Gasteiger partial charge on any atom is -0.313 e.